The molecular weight excluding hydrogens is 430 g/mol. The number of benzene rings is 1. The van der Waals surface area contributed by atoms with Gasteiger partial charge >= 0.3 is 0 Å². The van der Waals surface area contributed by atoms with Crippen LogP contribution in [0.15, 0.2) is 36.8 Å². The lowest BCUT2D eigenvalue weighted by Gasteiger charge is -2.29. The fourth-order valence-electron chi connectivity index (χ4n) is 6.40. The van der Waals surface area contributed by atoms with Crippen LogP contribution in [-0.2, 0) is 6.42 Å². The SMILES string of the molecule is C=C(NC1CCC(C)Cc2cc(-c3ncnc(NC4CCCCCC4)n3)ccc21)C1CCCCC1. The van der Waals surface area contributed by atoms with E-state index < -0.39 is 0 Å². The van der Waals surface area contributed by atoms with Gasteiger partial charge in [0.15, 0.2) is 5.82 Å². The highest BCUT2D eigenvalue weighted by atomic mass is 15.2. The molecule has 1 aromatic carbocycles. The van der Waals surface area contributed by atoms with E-state index in [1.54, 1.807) is 6.33 Å². The van der Waals surface area contributed by atoms with Crippen LogP contribution in [-0.4, -0.2) is 21.0 Å². The molecule has 0 aliphatic heterocycles. The van der Waals surface area contributed by atoms with Gasteiger partial charge in [-0.15, -0.1) is 0 Å². The van der Waals surface area contributed by atoms with E-state index in [1.807, 2.05) is 0 Å². The Bertz CT molecular complexity index is 988. The van der Waals surface area contributed by atoms with Gasteiger partial charge in [-0.3, -0.25) is 0 Å². The predicted molar refractivity (Wildman–Crippen MR) is 144 cm³/mol. The molecule has 3 aliphatic carbocycles. The third-order valence-electron chi connectivity index (χ3n) is 8.51. The molecule has 0 radical (unpaired) electrons. The molecule has 2 unspecified atom stereocenters. The Hall–Kier alpha value is -2.43. The molecular formula is C30H43N5. The average molecular weight is 474 g/mol. The first kappa shape index (κ1) is 24.3. The lowest BCUT2D eigenvalue weighted by molar-refractivity contribution is 0.369. The number of nitrogens with zero attached hydrogens (tertiary/aromatic N) is 3. The van der Waals surface area contributed by atoms with Crippen LogP contribution in [0, 0.1) is 11.8 Å². The second-order valence-electron chi connectivity index (χ2n) is 11.3. The summed E-state index contributed by atoms with van der Waals surface area (Å²) in [5, 5.41) is 7.47. The molecule has 5 rings (SSSR count). The van der Waals surface area contributed by atoms with Gasteiger partial charge in [0.25, 0.3) is 0 Å². The maximum Gasteiger partial charge on any atom is 0.226 e. The Labute approximate surface area is 211 Å². The van der Waals surface area contributed by atoms with E-state index in [9.17, 15) is 0 Å². The first-order valence-corrected chi connectivity index (χ1v) is 14.2. The molecule has 0 spiro atoms. The van der Waals surface area contributed by atoms with Crippen molar-refractivity contribution in [3.8, 4) is 11.4 Å². The van der Waals surface area contributed by atoms with Gasteiger partial charge in [0.05, 0.1) is 6.04 Å². The normalized spacial score (nSPS) is 24.1. The van der Waals surface area contributed by atoms with Crippen LogP contribution in [0.2, 0.25) is 0 Å². The first-order valence-electron chi connectivity index (χ1n) is 14.2. The van der Waals surface area contributed by atoms with Gasteiger partial charge in [0.2, 0.25) is 5.95 Å². The van der Waals surface area contributed by atoms with Crippen molar-refractivity contribution in [1.29, 1.82) is 0 Å². The number of hydrogen-bond acceptors (Lipinski definition) is 5. The van der Waals surface area contributed by atoms with E-state index in [4.69, 9.17) is 4.98 Å². The predicted octanol–water partition coefficient (Wildman–Crippen LogP) is 7.37. The fraction of sp³-hybridized carbons (Fsp3) is 0.633. The van der Waals surface area contributed by atoms with Crippen LogP contribution < -0.4 is 10.6 Å². The minimum Gasteiger partial charge on any atom is -0.382 e. The summed E-state index contributed by atoms with van der Waals surface area (Å²) >= 11 is 0. The average Bonchev–Trinajstić information content (AvgIpc) is 3.23. The topological polar surface area (TPSA) is 62.7 Å². The summed E-state index contributed by atoms with van der Waals surface area (Å²) in [4.78, 5) is 13.8. The Morgan fingerprint density at radius 2 is 1.63 bits per heavy atom. The van der Waals surface area contributed by atoms with Crippen molar-refractivity contribution >= 4 is 5.95 Å². The summed E-state index contributed by atoms with van der Waals surface area (Å²) in [6.07, 6.45) is 19.5. The second kappa shape index (κ2) is 11.5. The number of fused-ring (bicyclic) bond motifs is 1. The molecule has 2 N–H and O–H groups in total. The maximum atomic E-state index is 4.82. The molecule has 0 amide bonds. The van der Waals surface area contributed by atoms with Crippen molar-refractivity contribution in [2.75, 3.05) is 5.32 Å². The van der Waals surface area contributed by atoms with Gasteiger partial charge in [-0.25, -0.2) is 9.97 Å². The van der Waals surface area contributed by atoms with Gasteiger partial charge in [0, 0.05) is 17.3 Å². The van der Waals surface area contributed by atoms with Crippen molar-refractivity contribution < 1.29 is 0 Å². The van der Waals surface area contributed by atoms with E-state index >= 15 is 0 Å². The molecule has 35 heavy (non-hydrogen) atoms. The van der Waals surface area contributed by atoms with Crippen molar-refractivity contribution in [1.82, 2.24) is 20.3 Å². The Kier molecular flexibility index (Phi) is 8.00. The molecule has 5 heteroatoms. The zero-order valence-corrected chi connectivity index (χ0v) is 21.6. The highest BCUT2D eigenvalue weighted by Crippen LogP contribution is 2.36. The first-order chi connectivity index (χ1) is 17.2. The van der Waals surface area contributed by atoms with Gasteiger partial charge in [0.1, 0.15) is 6.33 Å². The third kappa shape index (κ3) is 6.23. The molecule has 1 heterocycles. The molecule has 2 fully saturated rings. The summed E-state index contributed by atoms with van der Waals surface area (Å²) in [7, 11) is 0. The fourth-order valence-corrected chi connectivity index (χ4v) is 6.40. The molecule has 1 aromatic heterocycles. The lowest BCUT2D eigenvalue weighted by atomic mass is 9.86. The second-order valence-corrected chi connectivity index (χ2v) is 11.3. The monoisotopic (exact) mass is 473 g/mol. The van der Waals surface area contributed by atoms with Gasteiger partial charge < -0.3 is 10.6 Å². The summed E-state index contributed by atoms with van der Waals surface area (Å²) in [5.41, 5.74) is 5.21. The van der Waals surface area contributed by atoms with Crippen LogP contribution in [0.5, 0.6) is 0 Å². The number of allylic oxidation sites excluding steroid dienone is 1. The Morgan fingerprint density at radius 3 is 2.43 bits per heavy atom. The van der Waals surface area contributed by atoms with E-state index in [-0.39, 0.29) is 0 Å². The zero-order valence-electron chi connectivity index (χ0n) is 21.6. The maximum absolute atomic E-state index is 4.82. The molecule has 0 saturated heterocycles. The number of rotatable bonds is 6. The van der Waals surface area contributed by atoms with Crippen LogP contribution in [0.3, 0.4) is 0 Å². The third-order valence-corrected chi connectivity index (χ3v) is 8.51. The van der Waals surface area contributed by atoms with Crippen LogP contribution in [0.1, 0.15) is 108 Å². The Morgan fingerprint density at radius 1 is 0.886 bits per heavy atom. The lowest BCUT2D eigenvalue weighted by Crippen LogP contribution is -2.26. The Balaban J connectivity index is 1.34. The standard InChI is InChI=1S/C30H43N5/c1-21-14-17-28(33-22(2)23-10-6-5-7-11-23)27-16-15-24(19-25(27)18-21)29-31-20-32-30(35-29)34-26-12-8-3-4-9-13-26/h15-16,19-21,23,26,28,33H,2-14,17-18H2,1H3,(H,31,32,34,35). The van der Waals surface area contributed by atoms with E-state index in [1.165, 1.54) is 100 Å². The van der Waals surface area contributed by atoms with Crippen molar-refractivity contribution in [3.05, 3.63) is 47.9 Å². The van der Waals surface area contributed by atoms with Crippen LogP contribution >= 0.6 is 0 Å². The van der Waals surface area contributed by atoms with Gasteiger partial charge in [-0.05, 0) is 74.0 Å². The van der Waals surface area contributed by atoms with E-state index in [2.05, 4.69) is 52.3 Å². The highest BCUT2D eigenvalue weighted by molar-refractivity contribution is 5.59. The number of hydrogen-bond donors (Lipinski definition) is 2. The van der Waals surface area contributed by atoms with Crippen molar-refractivity contribution in [2.24, 2.45) is 11.8 Å². The van der Waals surface area contributed by atoms with E-state index in [0.717, 1.165) is 17.8 Å². The smallest absolute Gasteiger partial charge is 0.226 e. The molecule has 188 valence electrons. The molecule has 3 aliphatic rings. The van der Waals surface area contributed by atoms with Gasteiger partial charge in [-0.2, -0.15) is 4.98 Å². The summed E-state index contributed by atoms with van der Waals surface area (Å²) in [6.45, 7) is 6.86. The summed E-state index contributed by atoms with van der Waals surface area (Å²) < 4.78 is 0. The molecule has 2 atom stereocenters. The molecule has 0 bridgehead atoms. The van der Waals surface area contributed by atoms with Crippen LogP contribution in [0.4, 0.5) is 5.95 Å². The summed E-state index contributed by atoms with van der Waals surface area (Å²) in [5.74, 6) is 2.79. The summed E-state index contributed by atoms with van der Waals surface area (Å²) in [6, 6.07) is 7.68. The quantitative estimate of drug-likeness (QED) is 0.339. The minimum absolute atomic E-state index is 0.351. The molecule has 2 aromatic rings. The largest absolute Gasteiger partial charge is 0.382 e. The number of nitrogens with one attached hydrogen (secondary N) is 2. The van der Waals surface area contributed by atoms with Crippen molar-refractivity contribution in [3.63, 3.8) is 0 Å². The van der Waals surface area contributed by atoms with Gasteiger partial charge in [-0.1, -0.05) is 70.6 Å². The number of anilines is 1. The van der Waals surface area contributed by atoms with Crippen molar-refractivity contribution in [2.45, 2.75) is 109 Å². The van der Waals surface area contributed by atoms with Crippen LogP contribution in [0.25, 0.3) is 11.4 Å². The molecule has 5 nitrogen and oxygen atoms in total. The molecule has 2 saturated carbocycles. The number of aromatic nitrogens is 3. The van der Waals surface area contributed by atoms with E-state index in [0.29, 0.717) is 29.9 Å². The minimum atomic E-state index is 0.351. The highest BCUT2D eigenvalue weighted by Gasteiger charge is 2.25. The zero-order chi connectivity index (χ0) is 24.0.